The molecule has 0 atom stereocenters. The summed E-state index contributed by atoms with van der Waals surface area (Å²) in [6.45, 7) is 0.279. The highest BCUT2D eigenvalue weighted by atomic mass is 127. The lowest BCUT2D eigenvalue weighted by Gasteiger charge is -2.11. The maximum atomic E-state index is 12.5. The van der Waals surface area contributed by atoms with E-state index in [2.05, 4.69) is 27.9 Å². The molecule has 0 aromatic heterocycles. The monoisotopic (exact) mass is 514 g/mol. The van der Waals surface area contributed by atoms with E-state index in [4.69, 9.17) is 16.3 Å². The quantitative estimate of drug-likeness (QED) is 0.247. The lowest BCUT2D eigenvalue weighted by atomic mass is 10.1. The Morgan fingerprint density at radius 1 is 1.07 bits per heavy atom. The summed E-state index contributed by atoms with van der Waals surface area (Å²) in [7, 11) is 0. The molecule has 0 aliphatic rings. The smallest absolute Gasteiger partial charge is 0.266 e. The second kappa shape index (κ2) is 10.1. The van der Waals surface area contributed by atoms with Crippen molar-refractivity contribution in [2.75, 3.05) is 5.32 Å². The molecule has 0 fully saturated rings. The summed E-state index contributed by atoms with van der Waals surface area (Å²) in [6, 6.07) is 23.9. The first-order chi connectivity index (χ1) is 14.1. The summed E-state index contributed by atoms with van der Waals surface area (Å²) < 4.78 is 6.95. The highest BCUT2D eigenvalue weighted by Gasteiger charge is 2.12. The van der Waals surface area contributed by atoms with E-state index < -0.39 is 5.91 Å². The van der Waals surface area contributed by atoms with Crippen LogP contribution in [0.4, 0.5) is 5.69 Å². The van der Waals surface area contributed by atoms with Crippen LogP contribution < -0.4 is 10.1 Å². The molecular formula is C23H16ClIN2O2. The number of carbonyl (C=O) groups is 1. The maximum absolute atomic E-state index is 12.5. The standard InChI is InChI=1S/C23H16ClIN2O2/c24-21-7-3-1-6-17(21)15-29-22-8-4-2-5-16(22)13-18(14-26)23(28)27-20-11-9-19(25)10-12-20/h1-13H,15H2,(H,27,28)/b18-13+. The topological polar surface area (TPSA) is 62.1 Å². The summed E-state index contributed by atoms with van der Waals surface area (Å²) in [5.74, 6) is 0.0804. The SMILES string of the molecule is N#C/C(=C\c1ccccc1OCc1ccccc1Cl)C(=O)Nc1ccc(I)cc1. The number of nitrogens with one attached hydrogen (secondary N) is 1. The molecule has 3 aromatic rings. The molecule has 0 bridgehead atoms. The number of rotatable bonds is 6. The average molecular weight is 515 g/mol. The zero-order valence-corrected chi connectivity index (χ0v) is 18.1. The minimum Gasteiger partial charge on any atom is -0.488 e. The molecule has 0 heterocycles. The molecular weight excluding hydrogens is 499 g/mol. The predicted molar refractivity (Wildman–Crippen MR) is 124 cm³/mol. The van der Waals surface area contributed by atoms with Crippen molar-refractivity contribution in [3.05, 3.63) is 98.1 Å². The lowest BCUT2D eigenvalue weighted by Crippen LogP contribution is -2.13. The average Bonchev–Trinajstić information content (AvgIpc) is 2.73. The van der Waals surface area contributed by atoms with E-state index >= 15 is 0 Å². The molecule has 0 saturated carbocycles. The normalized spacial score (nSPS) is 10.9. The van der Waals surface area contributed by atoms with Crippen LogP contribution in [0.25, 0.3) is 6.08 Å². The van der Waals surface area contributed by atoms with Crippen molar-refractivity contribution >= 4 is 51.9 Å². The van der Waals surface area contributed by atoms with E-state index in [1.54, 1.807) is 30.3 Å². The Morgan fingerprint density at radius 2 is 1.76 bits per heavy atom. The number of hydrogen-bond donors (Lipinski definition) is 1. The van der Waals surface area contributed by atoms with Gasteiger partial charge in [-0.15, -0.1) is 0 Å². The molecule has 0 radical (unpaired) electrons. The van der Waals surface area contributed by atoms with Gasteiger partial charge in [0.15, 0.2) is 0 Å². The highest BCUT2D eigenvalue weighted by molar-refractivity contribution is 14.1. The summed E-state index contributed by atoms with van der Waals surface area (Å²) in [4.78, 5) is 12.5. The van der Waals surface area contributed by atoms with E-state index in [0.717, 1.165) is 9.13 Å². The molecule has 1 N–H and O–H groups in total. The number of anilines is 1. The van der Waals surface area contributed by atoms with Gasteiger partial charge in [0, 0.05) is 25.4 Å². The van der Waals surface area contributed by atoms with Crippen molar-refractivity contribution in [2.45, 2.75) is 6.61 Å². The van der Waals surface area contributed by atoms with Gasteiger partial charge in [-0.25, -0.2) is 0 Å². The van der Waals surface area contributed by atoms with Gasteiger partial charge in [-0.1, -0.05) is 48.0 Å². The van der Waals surface area contributed by atoms with Crippen LogP contribution in [0, 0.1) is 14.9 Å². The summed E-state index contributed by atoms with van der Waals surface area (Å²) >= 11 is 8.36. The molecule has 4 nitrogen and oxygen atoms in total. The lowest BCUT2D eigenvalue weighted by molar-refractivity contribution is -0.112. The maximum Gasteiger partial charge on any atom is 0.266 e. The number of benzene rings is 3. The molecule has 0 saturated heterocycles. The number of para-hydroxylation sites is 1. The Hall–Kier alpha value is -2.82. The second-order valence-corrected chi connectivity index (χ2v) is 7.70. The number of nitriles is 1. The van der Waals surface area contributed by atoms with Crippen molar-refractivity contribution in [1.29, 1.82) is 5.26 Å². The molecule has 144 valence electrons. The van der Waals surface area contributed by atoms with E-state index in [1.807, 2.05) is 48.5 Å². The number of amides is 1. The molecule has 3 aromatic carbocycles. The molecule has 6 heteroatoms. The second-order valence-electron chi connectivity index (χ2n) is 6.05. The van der Waals surface area contributed by atoms with Crippen LogP contribution in [0.1, 0.15) is 11.1 Å². The molecule has 0 spiro atoms. The fourth-order valence-corrected chi connectivity index (χ4v) is 3.09. The molecule has 0 unspecified atom stereocenters. The minimum atomic E-state index is -0.477. The molecule has 0 aliphatic carbocycles. The highest BCUT2D eigenvalue weighted by Crippen LogP contribution is 2.24. The van der Waals surface area contributed by atoms with Gasteiger partial charge >= 0.3 is 0 Å². The Labute approximate surface area is 187 Å². The van der Waals surface area contributed by atoms with E-state index in [-0.39, 0.29) is 12.2 Å². The van der Waals surface area contributed by atoms with E-state index in [0.29, 0.717) is 22.0 Å². The Bertz CT molecular complexity index is 1090. The van der Waals surface area contributed by atoms with E-state index in [1.165, 1.54) is 6.08 Å². The third-order valence-corrected chi connectivity index (χ3v) is 5.11. The molecule has 0 aliphatic heterocycles. The molecule has 1 amide bonds. The van der Waals surface area contributed by atoms with E-state index in [9.17, 15) is 10.1 Å². The molecule has 29 heavy (non-hydrogen) atoms. The zero-order chi connectivity index (χ0) is 20.6. The number of carbonyl (C=O) groups excluding carboxylic acids is 1. The zero-order valence-electron chi connectivity index (χ0n) is 15.2. The number of ether oxygens (including phenoxy) is 1. The van der Waals surface area contributed by atoms with Crippen LogP contribution in [0.3, 0.4) is 0 Å². The van der Waals surface area contributed by atoms with Gasteiger partial charge in [-0.3, -0.25) is 4.79 Å². The fourth-order valence-electron chi connectivity index (χ4n) is 2.54. The fraction of sp³-hybridized carbons (Fsp3) is 0.0435. The first kappa shape index (κ1) is 20.9. The van der Waals surface area contributed by atoms with Crippen molar-refractivity contribution in [3.8, 4) is 11.8 Å². The summed E-state index contributed by atoms with van der Waals surface area (Å²) in [6.07, 6.45) is 1.52. The summed E-state index contributed by atoms with van der Waals surface area (Å²) in [5, 5.41) is 12.8. The van der Waals surface area contributed by atoms with Crippen molar-refractivity contribution in [3.63, 3.8) is 0 Å². The first-order valence-corrected chi connectivity index (χ1v) is 10.2. The third-order valence-electron chi connectivity index (χ3n) is 4.03. The van der Waals surface area contributed by atoms with Crippen LogP contribution in [-0.4, -0.2) is 5.91 Å². The molecule has 3 rings (SSSR count). The largest absolute Gasteiger partial charge is 0.488 e. The first-order valence-electron chi connectivity index (χ1n) is 8.71. The summed E-state index contributed by atoms with van der Waals surface area (Å²) in [5.41, 5.74) is 2.09. The van der Waals surface area contributed by atoms with Crippen LogP contribution in [0.2, 0.25) is 5.02 Å². The number of nitrogens with zero attached hydrogens (tertiary/aromatic N) is 1. The number of halogens is 2. The predicted octanol–water partition coefficient (Wildman–Crippen LogP) is 6.07. The minimum absolute atomic E-state index is 0.0163. The van der Waals surface area contributed by atoms with Crippen molar-refractivity contribution in [1.82, 2.24) is 0 Å². The Kier molecular flexibility index (Phi) is 7.28. The van der Waals surface area contributed by atoms with Crippen LogP contribution in [-0.2, 0) is 11.4 Å². The van der Waals surface area contributed by atoms with Gasteiger partial charge in [-0.2, -0.15) is 5.26 Å². The van der Waals surface area contributed by atoms with Gasteiger partial charge < -0.3 is 10.1 Å². The van der Waals surface area contributed by atoms with Crippen LogP contribution in [0.15, 0.2) is 78.4 Å². The van der Waals surface area contributed by atoms with Crippen LogP contribution >= 0.6 is 34.2 Å². The van der Waals surface area contributed by atoms with Gasteiger partial charge in [-0.05, 0) is 65.1 Å². The Morgan fingerprint density at radius 3 is 2.48 bits per heavy atom. The van der Waals surface area contributed by atoms with Gasteiger partial charge in [0.25, 0.3) is 5.91 Å². The van der Waals surface area contributed by atoms with Gasteiger partial charge in [0.1, 0.15) is 24.0 Å². The third kappa shape index (κ3) is 5.83. The van der Waals surface area contributed by atoms with Gasteiger partial charge in [0.05, 0.1) is 0 Å². The van der Waals surface area contributed by atoms with Gasteiger partial charge in [0.2, 0.25) is 0 Å². The van der Waals surface area contributed by atoms with Crippen molar-refractivity contribution in [2.24, 2.45) is 0 Å². The van der Waals surface area contributed by atoms with Crippen LogP contribution in [0.5, 0.6) is 5.75 Å². The Balaban J connectivity index is 1.78. The van der Waals surface area contributed by atoms with Crippen molar-refractivity contribution < 1.29 is 9.53 Å². The number of hydrogen-bond acceptors (Lipinski definition) is 3.